The Labute approximate surface area is 227 Å². The first-order chi connectivity index (χ1) is 18.4. The summed E-state index contributed by atoms with van der Waals surface area (Å²) in [7, 11) is 1.57. The smallest absolute Gasteiger partial charge is 0.340 e. The molecule has 6 nitrogen and oxygen atoms in total. The number of nitrogens with one attached hydrogen (secondary N) is 1. The number of hydrogen-bond donors (Lipinski definition) is 2. The van der Waals surface area contributed by atoms with Crippen LogP contribution in [0, 0.1) is 0 Å². The van der Waals surface area contributed by atoms with Crippen molar-refractivity contribution >= 4 is 34.6 Å². The predicted octanol–water partition coefficient (Wildman–Crippen LogP) is 7.11. The molecule has 38 heavy (non-hydrogen) atoms. The van der Waals surface area contributed by atoms with Crippen LogP contribution >= 0.6 is 11.6 Å². The molecule has 0 saturated carbocycles. The van der Waals surface area contributed by atoms with Gasteiger partial charge in [0, 0.05) is 57.9 Å². The van der Waals surface area contributed by atoms with Crippen LogP contribution in [0.25, 0.3) is 0 Å². The monoisotopic (exact) mass is 528 g/mol. The van der Waals surface area contributed by atoms with Crippen molar-refractivity contribution in [3.63, 3.8) is 0 Å². The highest BCUT2D eigenvalue weighted by Crippen LogP contribution is 2.53. The van der Waals surface area contributed by atoms with Crippen molar-refractivity contribution in [3.8, 4) is 11.5 Å². The number of rotatable bonds is 8. The van der Waals surface area contributed by atoms with Gasteiger partial charge in [-0.2, -0.15) is 0 Å². The zero-order valence-electron chi connectivity index (χ0n) is 21.5. The minimum Gasteiger partial charge on any atom is -0.507 e. The SMILES string of the molecule is CCN(CC)c1ccc(C2(c3cc(Nc4cccc(Cl)c4)ccc3OC)OC(=O)c3ccccc32)c(O)c1. The minimum absolute atomic E-state index is 0.0224. The number of phenols is 1. The molecule has 2 N–H and O–H groups in total. The summed E-state index contributed by atoms with van der Waals surface area (Å²) in [6.07, 6.45) is 0. The molecular formula is C31H29ClN2O4. The fourth-order valence-electron chi connectivity index (χ4n) is 5.16. The van der Waals surface area contributed by atoms with Gasteiger partial charge in [-0.25, -0.2) is 4.79 Å². The Bertz CT molecular complexity index is 1500. The van der Waals surface area contributed by atoms with Crippen molar-refractivity contribution in [1.29, 1.82) is 0 Å². The van der Waals surface area contributed by atoms with Crippen molar-refractivity contribution in [2.24, 2.45) is 0 Å². The summed E-state index contributed by atoms with van der Waals surface area (Å²) < 4.78 is 12.0. The molecule has 0 aromatic heterocycles. The fraction of sp³-hybridized carbons (Fsp3) is 0.194. The summed E-state index contributed by atoms with van der Waals surface area (Å²) in [5, 5.41) is 15.4. The number of esters is 1. The standard InChI is InChI=1S/C31H29ClN2O4/c1-4-34(5-2)23-14-15-26(28(35)19-23)31(25-12-7-6-11-24(25)30(36)38-31)27-18-22(13-16-29(27)37-3)33-21-10-8-9-20(32)17-21/h6-19,33,35H,4-5H2,1-3H3. The second-order valence-corrected chi connectivity index (χ2v) is 9.48. The van der Waals surface area contributed by atoms with E-state index in [0.717, 1.165) is 30.2 Å². The lowest BCUT2D eigenvalue weighted by Gasteiger charge is -2.33. The van der Waals surface area contributed by atoms with E-state index in [0.29, 0.717) is 33.0 Å². The Morgan fingerprint density at radius 1 is 0.895 bits per heavy atom. The minimum atomic E-state index is -1.43. The molecule has 194 valence electrons. The Hall–Kier alpha value is -4.16. The maximum atomic E-state index is 13.2. The summed E-state index contributed by atoms with van der Waals surface area (Å²) in [6, 6.07) is 25.7. The lowest BCUT2D eigenvalue weighted by atomic mass is 9.78. The fourth-order valence-corrected chi connectivity index (χ4v) is 5.35. The van der Waals surface area contributed by atoms with Crippen LogP contribution in [0.3, 0.4) is 0 Å². The van der Waals surface area contributed by atoms with E-state index in [1.807, 2.05) is 60.7 Å². The number of carbonyl (C=O) groups is 1. The van der Waals surface area contributed by atoms with Gasteiger partial charge in [-0.3, -0.25) is 0 Å². The number of halogens is 1. The van der Waals surface area contributed by atoms with E-state index in [-0.39, 0.29) is 5.75 Å². The summed E-state index contributed by atoms with van der Waals surface area (Å²) in [4.78, 5) is 15.4. The number of carbonyl (C=O) groups excluding carboxylic acids is 1. The van der Waals surface area contributed by atoms with Crippen LogP contribution in [-0.2, 0) is 10.3 Å². The summed E-state index contributed by atoms with van der Waals surface area (Å²) in [5.41, 5.74) is 3.09. The molecule has 1 aliphatic heterocycles. The normalized spacial score (nSPS) is 16.1. The van der Waals surface area contributed by atoms with E-state index in [1.165, 1.54) is 0 Å². The van der Waals surface area contributed by atoms with Crippen LogP contribution in [0.4, 0.5) is 17.1 Å². The molecule has 0 fully saturated rings. The van der Waals surface area contributed by atoms with Crippen molar-refractivity contribution < 1.29 is 19.4 Å². The number of anilines is 3. The topological polar surface area (TPSA) is 71.0 Å². The maximum Gasteiger partial charge on any atom is 0.340 e. The number of methoxy groups -OCH3 is 1. The zero-order chi connectivity index (χ0) is 26.9. The van der Waals surface area contributed by atoms with Gasteiger partial charge in [0.1, 0.15) is 11.5 Å². The lowest BCUT2D eigenvalue weighted by molar-refractivity contribution is 0.0239. The largest absolute Gasteiger partial charge is 0.507 e. The van der Waals surface area contributed by atoms with E-state index in [1.54, 1.807) is 31.4 Å². The Morgan fingerprint density at radius 2 is 1.66 bits per heavy atom. The van der Waals surface area contributed by atoms with E-state index < -0.39 is 11.6 Å². The van der Waals surface area contributed by atoms with Crippen LogP contribution < -0.4 is 15.0 Å². The third-order valence-corrected chi connectivity index (χ3v) is 7.19. The van der Waals surface area contributed by atoms with Crippen LogP contribution in [-0.4, -0.2) is 31.3 Å². The highest BCUT2D eigenvalue weighted by atomic mass is 35.5. The molecule has 0 aliphatic carbocycles. The van der Waals surface area contributed by atoms with E-state index in [4.69, 9.17) is 21.1 Å². The molecule has 0 bridgehead atoms. The average molecular weight is 529 g/mol. The van der Waals surface area contributed by atoms with E-state index in [2.05, 4.69) is 24.1 Å². The summed E-state index contributed by atoms with van der Waals surface area (Å²) >= 11 is 6.19. The van der Waals surface area contributed by atoms with Crippen LogP contribution in [0.5, 0.6) is 11.5 Å². The van der Waals surface area contributed by atoms with Crippen LogP contribution in [0.2, 0.25) is 5.02 Å². The molecule has 0 radical (unpaired) electrons. The van der Waals surface area contributed by atoms with Crippen molar-refractivity contribution in [2.75, 3.05) is 30.4 Å². The second-order valence-electron chi connectivity index (χ2n) is 9.04. The Morgan fingerprint density at radius 3 is 2.37 bits per heavy atom. The number of phenolic OH excluding ortho intramolecular Hbond substituents is 1. The van der Waals surface area contributed by atoms with Gasteiger partial charge in [0.2, 0.25) is 0 Å². The Kier molecular flexibility index (Phi) is 6.91. The molecule has 1 heterocycles. The number of fused-ring (bicyclic) bond motifs is 1. The molecule has 0 saturated heterocycles. The van der Waals surface area contributed by atoms with Gasteiger partial charge in [0.05, 0.1) is 12.7 Å². The first-order valence-electron chi connectivity index (χ1n) is 12.5. The number of cyclic esters (lactones) is 1. The molecule has 4 aromatic carbocycles. The predicted molar refractivity (Wildman–Crippen MR) is 151 cm³/mol. The van der Waals surface area contributed by atoms with Crippen LogP contribution in [0.15, 0.2) is 84.9 Å². The molecule has 0 spiro atoms. The molecule has 1 unspecified atom stereocenters. The highest BCUT2D eigenvalue weighted by molar-refractivity contribution is 6.30. The number of ether oxygens (including phenoxy) is 2. The Balaban J connectivity index is 1.74. The highest BCUT2D eigenvalue weighted by Gasteiger charge is 2.51. The molecule has 0 amide bonds. The summed E-state index contributed by atoms with van der Waals surface area (Å²) in [5.74, 6) is 0.0654. The third kappa shape index (κ3) is 4.31. The molecule has 1 aliphatic rings. The van der Waals surface area contributed by atoms with Crippen molar-refractivity contribution in [3.05, 3.63) is 112 Å². The second kappa shape index (κ2) is 10.3. The molecule has 5 rings (SSSR count). The average Bonchev–Trinajstić information content (AvgIpc) is 3.22. The maximum absolute atomic E-state index is 13.2. The summed E-state index contributed by atoms with van der Waals surface area (Å²) in [6.45, 7) is 5.72. The van der Waals surface area contributed by atoms with E-state index >= 15 is 0 Å². The van der Waals surface area contributed by atoms with Gasteiger partial charge in [0.25, 0.3) is 0 Å². The molecule has 4 aromatic rings. The van der Waals surface area contributed by atoms with Gasteiger partial charge in [0.15, 0.2) is 5.60 Å². The number of benzene rings is 4. The third-order valence-electron chi connectivity index (χ3n) is 6.95. The number of aromatic hydroxyl groups is 1. The van der Waals surface area contributed by atoms with Crippen LogP contribution in [0.1, 0.15) is 40.9 Å². The number of hydrogen-bond acceptors (Lipinski definition) is 6. The first kappa shape index (κ1) is 25.5. The molecular weight excluding hydrogens is 500 g/mol. The van der Waals surface area contributed by atoms with Crippen molar-refractivity contribution in [1.82, 2.24) is 0 Å². The van der Waals surface area contributed by atoms with E-state index in [9.17, 15) is 9.90 Å². The van der Waals surface area contributed by atoms with Gasteiger partial charge >= 0.3 is 5.97 Å². The van der Waals surface area contributed by atoms with Gasteiger partial charge < -0.3 is 24.8 Å². The number of nitrogens with zero attached hydrogens (tertiary/aromatic N) is 1. The molecule has 7 heteroatoms. The van der Waals surface area contributed by atoms with Gasteiger partial charge in [-0.05, 0) is 68.4 Å². The van der Waals surface area contributed by atoms with Gasteiger partial charge in [-0.1, -0.05) is 35.9 Å². The van der Waals surface area contributed by atoms with Gasteiger partial charge in [-0.15, -0.1) is 0 Å². The lowest BCUT2D eigenvalue weighted by Crippen LogP contribution is -2.30. The quantitative estimate of drug-likeness (QED) is 0.237. The zero-order valence-corrected chi connectivity index (χ0v) is 22.3. The first-order valence-corrected chi connectivity index (χ1v) is 12.9. The van der Waals surface area contributed by atoms with Crippen molar-refractivity contribution in [2.45, 2.75) is 19.4 Å². The molecule has 1 atom stereocenters.